The third-order valence-corrected chi connectivity index (χ3v) is 4.85. The van der Waals surface area contributed by atoms with Gasteiger partial charge >= 0.3 is 5.97 Å². The van der Waals surface area contributed by atoms with Crippen LogP contribution in [0.3, 0.4) is 0 Å². The van der Waals surface area contributed by atoms with Crippen molar-refractivity contribution in [1.29, 1.82) is 0 Å². The second-order valence-electron chi connectivity index (χ2n) is 6.37. The molecule has 0 bridgehead atoms. The van der Waals surface area contributed by atoms with E-state index in [1.165, 1.54) is 25.7 Å². The van der Waals surface area contributed by atoms with E-state index in [4.69, 9.17) is 4.74 Å². The zero-order chi connectivity index (χ0) is 14.5. The van der Waals surface area contributed by atoms with E-state index >= 15 is 0 Å². The molecule has 1 aliphatic carbocycles. The molecule has 2 aliphatic rings. The fourth-order valence-electron chi connectivity index (χ4n) is 3.65. The van der Waals surface area contributed by atoms with E-state index in [1.807, 2.05) is 30.3 Å². The summed E-state index contributed by atoms with van der Waals surface area (Å²) in [6, 6.07) is 10.6. The van der Waals surface area contributed by atoms with E-state index in [-0.39, 0.29) is 11.9 Å². The number of hydrogen-bond donors (Lipinski definition) is 0. The van der Waals surface area contributed by atoms with Gasteiger partial charge in [-0.2, -0.15) is 0 Å². The highest BCUT2D eigenvalue weighted by atomic mass is 16.5. The first-order chi connectivity index (χ1) is 10.3. The maximum atomic E-state index is 12.3. The highest BCUT2D eigenvalue weighted by Crippen LogP contribution is 2.28. The van der Waals surface area contributed by atoms with E-state index in [0.717, 1.165) is 37.5 Å². The standard InChI is InChI=1S/C18H25NO2/c20-18(21-14-15-7-2-1-3-8-15)16-9-6-12-19(13-16)17-10-4-5-11-17/h1-3,7-8,16-17H,4-6,9-14H2/t16-/m1/s1. The van der Waals surface area contributed by atoms with Crippen LogP contribution in [0.1, 0.15) is 44.1 Å². The maximum absolute atomic E-state index is 12.3. The summed E-state index contributed by atoms with van der Waals surface area (Å²) in [5.74, 6) is 0.0598. The summed E-state index contributed by atoms with van der Waals surface area (Å²) < 4.78 is 5.51. The van der Waals surface area contributed by atoms with E-state index in [1.54, 1.807) is 0 Å². The lowest BCUT2D eigenvalue weighted by Gasteiger charge is -2.35. The lowest BCUT2D eigenvalue weighted by atomic mass is 9.96. The van der Waals surface area contributed by atoms with E-state index in [2.05, 4.69) is 4.90 Å². The summed E-state index contributed by atoms with van der Waals surface area (Å²) in [5.41, 5.74) is 1.06. The minimum atomic E-state index is -0.0125. The first-order valence-corrected chi connectivity index (χ1v) is 8.27. The summed E-state index contributed by atoms with van der Waals surface area (Å²) >= 11 is 0. The predicted molar refractivity (Wildman–Crippen MR) is 82.8 cm³/mol. The predicted octanol–water partition coefficient (Wildman–Crippen LogP) is 3.38. The van der Waals surface area contributed by atoms with Crippen molar-refractivity contribution in [2.24, 2.45) is 5.92 Å². The molecular weight excluding hydrogens is 262 g/mol. The van der Waals surface area contributed by atoms with Gasteiger partial charge in [-0.05, 0) is 37.8 Å². The molecule has 114 valence electrons. The number of likely N-dealkylation sites (tertiary alicyclic amines) is 1. The fourth-order valence-corrected chi connectivity index (χ4v) is 3.65. The topological polar surface area (TPSA) is 29.5 Å². The summed E-state index contributed by atoms with van der Waals surface area (Å²) in [5, 5.41) is 0. The molecule has 0 radical (unpaired) electrons. The fraction of sp³-hybridized carbons (Fsp3) is 0.611. The SMILES string of the molecule is O=C(OCc1ccccc1)[C@@H]1CCCN(C2CCCC2)C1. The van der Waals surface area contributed by atoms with E-state index in [0.29, 0.717) is 6.61 Å². The van der Waals surface area contributed by atoms with Gasteiger partial charge in [-0.1, -0.05) is 43.2 Å². The lowest BCUT2D eigenvalue weighted by molar-refractivity contribution is -0.152. The third-order valence-electron chi connectivity index (χ3n) is 4.85. The molecule has 1 aliphatic heterocycles. The minimum absolute atomic E-state index is 0.0125. The molecule has 1 heterocycles. The number of esters is 1. The number of piperidine rings is 1. The Kier molecular flexibility index (Phi) is 4.91. The van der Waals surface area contributed by atoms with Crippen LogP contribution in [-0.2, 0) is 16.1 Å². The van der Waals surface area contributed by atoms with Crippen LogP contribution in [0.2, 0.25) is 0 Å². The Morgan fingerprint density at radius 1 is 1.10 bits per heavy atom. The first-order valence-electron chi connectivity index (χ1n) is 8.27. The van der Waals surface area contributed by atoms with Gasteiger partial charge in [-0.3, -0.25) is 9.69 Å². The Hall–Kier alpha value is -1.35. The molecule has 1 saturated carbocycles. The van der Waals surface area contributed by atoms with Crippen LogP contribution in [0.5, 0.6) is 0 Å². The monoisotopic (exact) mass is 287 g/mol. The zero-order valence-corrected chi connectivity index (χ0v) is 12.7. The van der Waals surface area contributed by atoms with Gasteiger partial charge in [0.2, 0.25) is 0 Å². The first kappa shape index (κ1) is 14.6. The van der Waals surface area contributed by atoms with Crippen LogP contribution in [-0.4, -0.2) is 30.0 Å². The molecule has 3 nitrogen and oxygen atoms in total. The van der Waals surface area contributed by atoms with Gasteiger partial charge in [0.1, 0.15) is 6.61 Å². The molecule has 21 heavy (non-hydrogen) atoms. The van der Waals surface area contributed by atoms with E-state index < -0.39 is 0 Å². The van der Waals surface area contributed by atoms with Crippen LogP contribution in [0, 0.1) is 5.92 Å². The second kappa shape index (κ2) is 7.08. The van der Waals surface area contributed by atoms with Gasteiger partial charge in [0, 0.05) is 12.6 Å². The largest absolute Gasteiger partial charge is 0.461 e. The molecule has 0 N–H and O–H groups in total. The molecule has 3 rings (SSSR count). The third kappa shape index (κ3) is 3.85. The number of ether oxygens (including phenoxy) is 1. The van der Waals surface area contributed by atoms with Crippen molar-refractivity contribution in [1.82, 2.24) is 4.90 Å². The van der Waals surface area contributed by atoms with Gasteiger partial charge in [0.25, 0.3) is 0 Å². The molecule has 1 saturated heterocycles. The van der Waals surface area contributed by atoms with Crippen molar-refractivity contribution in [2.45, 2.75) is 51.2 Å². The van der Waals surface area contributed by atoms with Crippen LogP contribution in [0.4, 0.5) is 0 Å². The maximum Gasteiger partial charge on any atom is 0.310 e. The normalized spacial score (nSPS) is 24.1. The second-order valence-corrected chi connectivity index (χ2v) is 6.37. The van der Waals surface area contributed by atoms with Gasteiger partial charge in [0.05, 0.1) is 5.92 Å². The number of benzene rings is 1. The molecular formula is C18H25NO2. The minimum Gasteiger partial charge on any atom is -0.461 e. The molecule has 1 aromatic carbocycles. The number of carbonyl (C=O) groups excluding carboxylic acids is 1. The van der Waals surface area contributed by atoms with Gasteiger partial charge in [-0.15, -0.1) is 0 Å². The quantitative estimate of drug-likeness (QED) is 0.795. The molecule has 3 heteroatoms. The Morgan fingerprint density at radius 2 is 1.86 bits per heavy atom. The Balaban J connectivity index is 1.49. The molecule has 1 aromatic rings. The Morgan fingerprint density at radius 3 is 2.62 bits per heavy atom. The molecule has 0 amide bonds. The van der Waals surface area contributed by atoms with Crippen LogP contribution in [0.15, 0.2) is 30.3 Å². The van der Waals surface area contributed by atoms with Crippen molar-refractivity contribution >= 4 is 5.97 Å². The average Bonchev–Trinajstić information content (AvgIpc) is 3.08. The molecule has 2 fully saturated rings. The van der Waals surface area contributed by atoms with Crippen molar-refractivity contribution < 1.29 is 9.53 Å². The van der Waals surface area contributed by atoms with E-state index in [9.17, 15) is 4.79 Å². The lowest BCUT2D eigenvalue weighted by Crippen LogP contribution is -2.44. The van der Waals surface area contributed by atoms with Crippen LogP contribution < -0.4 is 0 Å². The zero-order valence-electron chi connectivity index (χ0n) is 12.7. The number of hydrogen-bond acceptors (Lipinski definition) is 3. The van der Waals surface area contributed by atoms with Gasteiger partial charge in [0.15, 0.2) is 0 Å². The summed E-state index contributed by atoms with van der Waals surface area (Å²) in [7, 11) is 0. The molecule has 0 unspecified atom stereocenters. The highest BCUT2D eigenvalue weighted by Gasteiger charge is 2.31. The number of nitrogens with zero attached hydrogens (tertiary/aromatic N) is 1. The number of rotatable bonds is 4. The number of carbonyl (C=O) groups is 1. The average molecular weight is 287 g/mol. The molecule has 0 aromatic heterocycles. The summed E-state index contributed by atoms with van der Waals surface area (Å²) in [6.07, 6.45) is 7.44. The molecule has 1 atom stereocenters. The van der Waals surface area contributed by atoms with Crippen LogP contribution in [0.25, 0.3) is 0 Å². The summed E-state index contributed by atoms with van der Waals surface area (Å²) in [6.45, 7) is 2.46. The van der Waals surface area contributed by atoms with Crippen molar-refractivity contribution in [3.05, 3.63) is 35.9 Å². The Labute approximate surface area is 127 Å². The van der Waals surface area contributed by atoms with Gasteiger partial charge in [-0.25, -0.2) is 0 Å². The van der Waals surface area contributed by atoms with Crippen molar-refractivity contribution in [3.63, 3.8) is 0 Å². The van der Waals surface area contributed by atoms with Crippen LogP contribution >= 0.6 is 0 Å². The van der Waals surface area contributed by atoms with Gasteiger partial charge < -0.3 is 4.74 Å². The smallest absolute Gasteiger partial charge is 0.310 e. The summed E-state index contributed by atoms with van der Waals surface area (Å²) in [4.78, 5) is 14.8. The van der Waals surface area contributed by atoms with Crippen molar-refractivity contribution in [2.75, 3.05) is 13.1 Å². The Bertz CT molecular complexity index is 454. The highest BCUT2D eigenvalue weighted by molar-refractivity contribution is 5.72. The van der Waals surface area contributed by atoms with Crippen molar-refractivity contribution in [3.8, 4) is 0 Å². The molecule has 0 spiro atoms.